The van der Waals surface area contributed by atoms with Crippen LogP contribution in [0.15, 0.2) is 40.1 Å². The van der Waals surface area contributed by atoms with Gasteiger partial charge in [-0.05, 0) is 63.3 Å². The molecule has 0 spiro atoms. The number of aryl methyl sites for hydroxylation is 1. The molecule has 2 N–H and O–H groups in total. The van der Waals surface area contributed by atoms with E-state index >= 15 is 0 Å². The van der Waals surface area contributed by atoms with Gasteiger partial charge in [0.15, 0.2) is 12.5 Å². The maximum Gasteiger partial charge on any atom is 0.459 e. The summed E-state index contributed by atoms with van der Waals surface area (Å²) in [5, 5.41) is 2.66. The zero-order valence-corrected chi connectivity index (χ0v) is 22.7. The van der Waals surface area contributed by atoms with Crippen molar-refractivity contribution in [3.63, 3.8) is 0 Å². The van der Waals surface area contributed by atoms with E-state index in [1.165, 1.54) is 22.9 Å². The standard InChI is InChI=1S/C25H33FN3O9P/c1-3-20(24(31)36-18-7-5-4-6-8-18)28-39(33,38-19-11-9-17(26)10-12-19)35-15-22-34-14-21(37-22)29-13-16(2)23(30)27-25(29)32/h9-13,18,20-22H,3-8,14-15H2,1-2H3,(H,28,33)(H,27,30,32)/t20?,21-,22-,39?/m1/s1. The Labute approximate surface area is 224 Å². The van der Waals surface area contributed by atoms with Gasteiger partial charge in [0, 0.05) is 11.8 Å². The molecule has 4 rings (SSSR count). The maximum atomic E-state index is 13.8. The minimum atomic E-state index is -4.25. The number of H-pyrrole nitrogens is 1. The Balaban J connectivity index is 1.44. The van der Waals surface area contributed by atoms with E-state index < -0.39 is 55.9 Å². The van der Waals surface area contributed by atoms with Crippen molar-refractivity contribution < 1.29 is 37.0 Å². The van der Waals surface area contributed by atoms with Crippen LogP contribution in [0.4, 0.5) is 4.39 Å². The average molecular weight is 570 g/mol. The number of carbonyl (C=O) groups excluding carboxylic acids is 1. The SMILES string of the molecule is CCC(NP(=O)(OC[C@@H]1OC[C@H](n2cc(C)c(=O)[nH]c2=O)O1)Oc1ccc(F)cc1)C(=O)OC1CCCCC1. The number of esters is 1. The second kappa shape index (κ2) is 13.0. The van der Waals surface area contributed by atoms with Crippen molar-refractivity contribution in [1.29, 1.82) is 0 Å². The molecule has 214 valence electrons. The highest BCUT2D eigenvalue weighted by Gasteiger charge is 2.37. The number of hydrogen-bond donors (Lipinski definition) is 2. The number of benzene rings is 1. The second-order valence-corrected chi connectivity index (χ2v) is 11.2. The van der Waals surface area contributed by atoms with Crippen molar-refractivity contribution in [3.05, 3.63) is 62.7 Å². The summed E-state index contributed by atoms with van der Waals surface area (Å²) in [5.74, 6) is -1.04. The number of halogens is 1. The molecule has 12 nitrogen and oxygen atoms in total. The largest absolute Gasteiger partial charge is 0.461 e. The summed E-state index contributed by atoms with van der Waals surface area (Å²) in [4.78, 5) is 38.9. The highest BCUT2D eigenvalue weighted by molar-refractivity contribution is 7.52. The van der Waals surface area contributed by atoms with Crippen molar-refractivity contribution in [1.82, 2.24) is 14.6 Å². The van der Waals surface area contributed by atoms with Crippen LogP contribution in [-0.4, -0.2) is 47.2 Å². The number of nitrogens with zero attached hydrogens (tertiary/aromatic N) is 1. The molecule has 1 aliphatic carbocycles. The van der Waals surface area contributed by atoms with Gasteiger partial charge < -0.3 is 18.7 Å². The maximum absolute atomic E-state index is 13.8. The second-order valence-electron chi connectivity index (χ2n) is 9.46. The zero-order chi connectivity index (χ0) is 28.0. The van der Waals surface area contributed by atoms with Crippen LogP contribution in [-0.2, 0) is 28.1 Å². The third-order valence-electron chi connectivity index (χ3n) is 6.45. The number of ether oxygens (including phenoxy) is 3. The molecular formula is C25H33FN3O9P. The number of aromatic nitrogens is 2. The summed E-state index contributed by atoms with van der Waals surface area (Å²) in [6.07, 6.45) is 4.09. The minimum absolute atomic E-state index is 0.0404. The van der Waals surface area contributed by atoms with E-state index in [0.29, 0.717) is 5.56 Å². The minimum Gasteiger partial charge on any atom is -0.461 e. The molecule has 0 amide bonds. The van der Waals surface area contributed by atoms with Gasteiger partial charge in [-0.25, -0.2) is 13.8 Å². The van der Waals surface area contributed by atoms with Crippen LogP contribution in [0.2, 0.25) is 0 Å². The molecule has 1 aromatic heterocycles. The summed E-state index contributed by atoms with van der Waals surface area (Å²) in [6, 6.07) is 3.81. The molecule has 39 heavy (non-hydrogen) atoms. The zero-order valence-electron chi connectivity index (χ0n) is 21.8. The van der Waals surface area contributed by atoms with Gasteiger partial charge in [0.1, 0.15) is 30.3 Å². The third-order valence-corrected chi connectivity index (χ3v) is 8.02. The first kappa shape index (κ1) is 29.2. The highest BCUT2D eigenvalue weighted by Crippen LogP contribution is 2.46. The van der Waals surface area contributed by atoms with E-state index in [0.717, 1.165) is 44.2 Å². The smallest absolute Gasteiger partial charge is 0.459 e. The number of hydrogen-bond acceptors (Lipinski definition) is 9. The summed E-state index contributed by atoms with van der Waals surface area (Å²) < 4.78 is 56.5. The van der Waals surface area contributed by atoms with Gasteiger partial charge in [0.05, 0.1) is 6.61 Å². The lowest BCUT2D eigenvalue weighted by atomic mass is 9.98. The fraction of sp³-hybridized carbons (Fsp3) is 0.560. The molecule has 1 aliphatic heterocycles. The molecule has 2 aromatic rings. The molecule has 1 aromatic carbocycles. The lowest BCUT2D eigenvalue weighted by Crippen LogP contribution is -2.39. The van der Waals surface area contributed by atoms with E-state index in [9.17, 15) is 23.3 Å². The van der Waals surface area contributed by atoms with Crippen LogP contribution >= 0.6 is 7.75 Å². The van der Waals surface area contributed by atoms with Crippen molar-refractivity contribution >= 4 is 13.7 Å². The molecule has 1 saturated heterocycles. The third kappa shape index (κ3) is 7.86. The Morgan fingerprint density at radius 1 is 1.23 bits per heavy atom. The molecule has 2 heterocycles. The number of aromatic amines is 1. The van der Waals surface area contributed by atoms with Crippen LogP contribution in [0.1, 0.15) is 57.2 Å². The van der Waals surface area contributed by atoms with Crippen LogP contribution < -0.4 is 20.9 Å². The molecule has 2 aliphatic rings. The Hall–Kier alpha value is -2.83. The average Bonchev–Trinajstić information content (AvgIpc) is 3.39. The van der Waals surface area contributed by atoms with Gasteiger partial charge in [-0.2, -0.15) is 5.09 Å². The van der Waals surface area contributed by atoms with E-state index in [2.05, 4.69) is 10.1 Å². The van der Waals surface area contributed by atoms with Crippen molar-refractivity contribution in [3.8, 4) is 5.75 Å². The lowest BCUT2D eigenvalue weighted by molar-refractivity contribution is -0.152. The first-order valence-electron chi connectivity index (χ1n) is 12.9. The Bertz CT molecular complexity index is 1290. The monoisotopic (exact) mass is 569 g/mol. The van der Waals surface area contributed by atoms with Gasteiger partial charge in [0.25, 0.3) is 5.56 Å². The molecule has 0 radical (unpaired) electrons. The molecule has 14 heteroatoms. The van der Waals surface area contributed by atoms with Crippen LogP contribution in [0.5, 0.6) is 5.75 Å². The molecule has 2 fully saturated rings. The van der Waals surface area contributed by atoms with Gasteiger partial charge in [-0.15, -0.1) is 0 Å². The van der Waals surface area contributed by atoms with Crippen molar-refractivity contribution in [2.24, 2.45) is 0 Å². The number of carbonyl (C=O) groups is 1. The lowest BCUT2D eigenvalue weighted by Gasteiger charge is -2.27. The summed E-state index contributed by atoms with van der Waals surface area (Å²) in [6.45, 7) is 2.83. The van der Waals surface area contributed by atoms with E-state index in [4.69, 9.17) is 23.3 Å². The van der Waals surface area contributed by atoms with E-state index in [1.807, 2.05) is 0 Å². The van der Waals surface area contributed by atoms with Gasteiger partial charge in [-0.3, -0.25) is 23.7 Å². The van der Waals surface area contributed by atoms with Crippen molar-refractivity contribution in [2.45, 2.75) is 77.0 Å². The topological polar surface area (TPSA) is 147 Å². The highest BCUT2D eigenvalue weighted by atomic mass is 31.2. The Morgan fingerprint density at radius 3 is 2.64 bits per heavy atom. The fourth-order valence-corrected chi connectivity index (χ4v) is 5.86. The Morgan fingerprint density at radius 2 is 1.95 bits per heavy atom. The summed E-state index contributed by atoms with van der Waals surface area (Å²) >= 11 is 0. The van der Waals surface area contributed by atoms with Crippen LogP contribution in [0.25, 0.3) is 0 Å². The molecular weight excluding hydrogens is 536 g/mol. The normalized spacial score (nSPS) is 22.2. The number of rotatable bonds is 11. The predicted octanol–water partition coefficient (Wildman–Crippen LogP) is 3.30. The van der Waals surface area contributed by atoms with Crippen molar-refractivity contribution in [2.75, 3.05) is 13.2 Å². The molecule has 0 bridgehead atoms. The van der Waals surface area contributed by atoms with E-state index in [1.54, 1.807) is 13.8 Å². The fourth-order valence-electron chi connectivity index (χ4n) is 4.29. The molecule has 1 saturated carbocycles. The first-order valence-corrected chi connectivity index (χ1v) is 14.5. The quantitative estimate of drug-likeness (QED) is 0.305. The molecule has 4 atom stereocenters. The summed E-state index contributed by atoms with van der Waals surface area (Å²) in [7, 11) is -4.25. The van der Waals surface area contributed by atoms with Crippen LogP contribution in [0, 0.1) is 12.7 Å². The van der Waals surface area contributed by atoms with Gasteiger partial charge in [0.2, 0.25) is 0 Å². The first-order chi connectivity index (χ1) is 18.7. The predicted molar refractivity (Wildman–Crippen MR) is 137 cm³/mol. The van der Waals surface area contributed by atoms with E-state index in [-0.39, 0.29) is 24.9 Å². The number of nitrogens with one attached hydrogen (secondary N) is 2. The van der Waals surface area contributed by atoms with Crippen LogP contribution in [0.3, 0.4) is 0 Å². The Kier molecular flexibility index (Phi) is 9.73. The van der Waals surface area contributed by atoms with Gasteiger partial charge in [-0.1, -0.05) is 13.3 Å². The van der Waals surface area contributed by atoms with Gasteiger partial charge >= 0.3 is 19.4 Å². The summed E-state index contributed by atoms with van der Waals surface area (Å²) in [5.41, 5.74) is -0.868. The molecule has 2 unspecified atom stereocenters.